The number of hydrogen-bond donors (Lipinski definition) is 2. The minimum Gasteiger partial charge on any atom is -0.465 e. The minimum absolute atomic E-state index is 0.0369. The van der Waals surface area contributed by atoms with Gasteiger partial charge in [-0.05, 0) is 26.3 Å². The van der Waals surface area contributed by atoms with Crippen molar-refractivity contribution in [2.45, 2.75) is 32.2 Å². The van der Waals surface area contributed by atoms with Gasteiger partial charge in [-0.15, -0.1) is 0 Å². The summed E-state index contributed by atoms with van der Waals surface area (Å²) in [6.07, 6.45) is 3.01. The predicted octanol–water partition coefficient (Wildman–Crippen LogP) is -0.192. The molecule has 0 aliphatic carbocycles. The normalized spacial score (nSPS) is 20.7. The highest BCUT2D eigenvalue weighted by molar-refractivity contribution is 5.85. The highest BCUT2D eigenvalue weighted by atomic mass is 16.5. The quantitative estimate of drug-likeness (QED) is 0.636. The van der Waals surface area contributed by atoms with E-state index in [9.17, 15) is 9.59 Å². The molecule has 0 saturated carbocycles. The fourth-order valence-corrected chi connectivity index (χ4v) is 1.57. The molecule has 0 radical (unpaired) electrons. The third-order valence-electron chi connectivity index (χ3n) is 2.34. The Hall–Kier alpha value is -1.10. The van der Waals surface area contributed by atoms with Crippen molar-refractivity contribution in [3.05, 3.63) is 0 Å². The molecule has 1 fully saturated rings. The smallest absolute Gasteiger partial charge is 0.325 e. The van der Waals surface area contributed by atoms with E-state index in [1.807, 2.05) is 0 Å². The van der Waals surface area contributed by atoms with Crippen LogP contribution in [0.3, 0.4) is 0 Å². The maximum atomic E-state index is 11.5. The van der Waals surface area contributed by atoms with Crippen LogP contribution in [0.1, 0.15) is 26.2 Å². The number of nitrogens with one attached hydrogen (secondary N) is 2. The molecule has 0 spiro atoms. The van der Waals surface area contributed by atoms with E-state index in [4.69, 9.17) is 4.74 Å². The van der Waals surface area contributed by atoms with Crippen LogP contribution in [0.5, 0.6) is 0 Å². The SMILES string of the molecule is CCOC(=O)CNC(=O)C1CCCCN1. The van der Waals surface area contributed by atoms with E-state index >= 15 is 0 Å². The van der Waals surface area contributed by atoms with E-state index in [1.165, 1.54) is 0 Å². The molecule has 0 bridgehead atoms. The average Bonchev–Trinajstić information content (AvgIpc) is 2.27. The number of esters is 1. The predicted molar refractivity (Wildman–Crippen MR) is 55.3 cm³/mol. The van der Waals surface area contributed by atoms with Crippen molar-refractivity contribution in [1.82, 2.24) is 10.6 Å². The molecule has 1 heterocycles. The first-order chi connectivity index (χ1) is 7.24. The fourth-order valence-electron chi connectivity index (χ4n) is 1.57. The molecule has 15 heavy (non-hydrogen) atoms. The maximum Gasteiger partial charge on any atom is 0.325 e. The van der Waals surface area contributed by atoms with Crippen molar-refractivity contribution in [1.29, 1.82) is 0 Å². The van der Waals surface area contributed by atoms with Crippen LogP contribution in [0.15, 0.2) is 0 Å². The Morgan fingerprint density at radius 3 is 2.87 bits per heavy atom. The molecule has 1 unspecified atom stereocenters. The first kappa shape index (κ1) is 12.0. The van der Waals surface area contributed by atoms with Crippen LogP contribution in [0.2, 0.25) is 0 Å². The lowest BCUT2D eigenvalue weighted by Crippen LogP contribution is -2.47. The monoisotopic (exact) mass is 214 g/mol. The van der Waals surface area contributed by atoms with Gasteiger partial charge in [-0.1, -0.05) is 6.42 Å². The highest BCUT2D eigenvalue weighted by Crippen LogP contribution is 2.06. The first-order valence-electron chi connectivity index (χ1n) is 5.40. The molecule has 1 rings (SSSR count). The Kier molecular flexibility index (Phi) is 5.10. The van der Waals surface area contributed by atoms with Crippen LogP contribution < -0.4 is 10.6 Å². The Bertz CT molecular complexity index is 225. The molecule has 0 aromatic carbocycles. The summed E-state index contributed by atoms with van der Waals surface area (Å²) in [5, 5.41) is 5.67. The number of piperidine rings is 1. The summed E-state index contributed by atoms with van der Waals surface area (Å²) in [7, 11) is 0. The molecule has 5 heteroatoms. The van der Waals surface area contributed by atoms with Crippen molar-refractivity contribution >= 4 is 11.9 Å². The lowest BCUT2D eigenvalue weighted by molar-refractivity contribution is -0.143. The fraction of sp³-hybridized carbons (Fsp3) is 0.800. The molecular weight excluding hydrogens is 196 g/mol. The number of carbonyl (C=O) groups is 2. The van der Waals surface area contributed by atoms with Gasteiger partial charge >= 0.3 is 5.97 Å². The molecule has 1 aliphatic rings. The van der Waals surface area contributed by atoms with E-state index < -0.39 is 0 Å². The van der Waals surface area contributed by atoms with Gasteiger partial charge in [-0.2, -0.15) is 0 Å². The molecular formula is C10H18N2O3. The zero-order valence-corrected chi connectivity index (χ0v) is 9.04. The molecule has 1 amide bonds. The molecule has 86 valence electrons. The van der Waals surface area contributed by atoms with Crippen molar-refractivity contribution in [3.8, 4) is 0 Å². The van der Waals surface area contributed by atoms with Gasteiger partial charge in [0, 0.05) is 0 Å². The van der Waals surface area contributed by atoms with Gasteiger partial charge in [0.2, 0.25) is 5.91 Å². The van der Waals surface area contributed by atoms with Gasteiger partial charge in [0.05, 0.1) is 12.6 Å². The minimum atomic E-state index is -0.387. The van der Waals surface area contributed by atoms with Crippen molar-refractivity contribution in [2.75, 3.05) is 19.7 Å². The molecule has 1 aliphatic heterocycles. The second kappa shape index (κ2) is 6.40. The van der Waals surface area contributed by atoms with Crippen LogP contribution in [-0.2, 0) is 14.3 Å². The van der Waals surface area contributed by atoms with Gasteiger partial charge in [0.25, 0.3) is 0 Å². The van der Waals surface area contributed by atoms with Crippen LogP contribution in [-0.4, -0.2) is 37.6 Å². The number of hydrogen-bond acceptors (Lipinski definition) is 4. The Morgan fingerprint density at radius 1 is 1.47 bits per heavy atom. The van der Waals surface area contributed by atoms with Crippen LogP contribution in [0.25, 0.3) is 0 Å². The molecule has 0 aromatic heterocycles. The first-order valence-corrected chi connectivity index (χ1v) is 5.40. The average molecular weight is 214 g/mol. The zero-order valence-electron chi connectivity index (χ0n) is 9.04. The standard InChI is InChI=1S/C10H18N2O3/c1-2-15-9(13)7-12-10(14)8-5-3-4-6-11-8/h8,11H,2-7H2,1H3,(H,12,14). The van der Waals surface area contributed by atoms with Crippen molar-refractivity contribution in [3.63, 3.8) is 0 Å². The summed E-state index contributed by atoms with van der Waals surface area (Å²) in [5.74, 6) is -0.496. The van der Waals surface area contributed by atoms with Gasteiger partial charge < -0.3 is 15.4 Å². The summed E-state index contributed by atoms with van der Waals surface area (Å²) in [5.41, 5.74) is 0. The highest BCUT2D eigenvalue weighted by Gasteiger charge is 2.20. The van der Waals surface area contributed by atoms with Crippen LogP contribution in [0, 0.1) is 0 Å². The van der Waals surface area contributed by atoms with E-state index in [-0.39, 0.29) is 24.5 Å². The third-order valence-corrected chi connectivity index (χ3v) is 2.34. The van der Waals surface area contributed by atoms with E-state index in [1.54, 1.807) is 6.92 Å². The molecule has 5 nitrogen and oxygen atoms in total. The second-order valence-electron chi connectivity index (χ2n) is 3.53. The molecule has 1 saturated heterocycles. The van der Waals surface area contributed by atoms with Crippen molar-refractivity contribution < 1.29 is 14.3 Å². The Balaban J connectivity index is 2.19. The second-order valence-corrected chi connectivity index (χ2v) is 3.53. The number of carbonyl (C=O) groups excluding carboxylic acids is 2. The Morgan fingerprint density at radius 2 is 2.27 bits per heavy atom. The van der Waals surface area contributed by atoms with Gasteiger partial charge in [-0.3, -0.25) is 9.59 Å². The third kappa shape index (κ3) is 4.29. The summed E-state index contributed by atoms with van der Waals surface area (Å²) >= 11 is 0. The number of rotatable bonds is 4. The lowest BCUT2D eigenvalue weighted by atomic mass is 10.0. The number of amides is 1. The number of ether oxygens (including phenoxy) is 1. The molecule has 0 aromatic rings. The molecule has 2 N–H and O–H groups in total. The van der Waals surface area contributed by atoms with Gasteiger partial charge in [-0.25, -0.2) is 0 Å². The van der Waals surface area contributed by atoms with E-state index in [2.05, 4.69) is 10.6 Å². The largest absolute Gasteiger partial charge is 0.465 e. The summed E-state index contributed by atoms with van der Waals surface area (Å²) in [6.45, 7) is 2.92. The zero-order chi connectivity index (χ0) is 11.1. The summed E-state index contributed by atoms with van der Waals surface area (Å²) in [4.78, 5) is 22.5. The Labute approximate surface area is 89.6 Å². The summed E-state index contributed by atoms with van der Waals surface area (Å²) < 4.78 is 4.71. The van der Waals surface area contributed by atoms with E-state index in [0.29, 0.717) is 6.61 Å². The summed E-state index contributed by atoms with van der Waals surface area (Å²) in [6, 6.07) is -0.145. The van der Waals surface area contributed by atoms with Gasteiger partial charge in [0.1, 0.15) is 6.54 Å². The molecule has 1 atom stereocenters. The topological polar surface area (TPSA) is 67.4 Å². The van der Waals surface area contributed by atoms with Crippen molar-refractivity contribution in [2.24, 2.45) is 0 Å². The lowest BCUT2D eigenvalue weighted by Gasteiger charge is -2.22. The van der Waals surface area contributed by atoms with E-state index in [0.717, 1.165) is 25.8 Å². The van der Waals surface area contributed by atoms with Crippen LogP contribution >= 0.6 is 0 Å². The maximum absolute atomic E-state index is 11.5. The van der Waals surface area contributed by atoms with Crippen LogP contribution in [0.4, 0.5) is 0 Å². The van der Waals surface area contributed by atoms with Gasteiger partial charge in [0.15, 0.2) is 0 Å².